The smallest absolute Gasteiger partial charge is 0.375 e. The third-order valence-corrected chi connectivity index (χ3v) is 2.68. The van der Waals surface area contributed by atoms with Crippen LogP contribution in [0, 0.1) is 0 Å². The third-order valence-electron chi connectivity index (χ3n) is 2.01. The number of anilines is 1. The molecule has 7 heteroatoms. The molecule has 2 nitrogen and oxygen atoms in total. The van der Waals surface area contributed by atoms with Crippen LogP contribution < -0.4 is 5.73 Å². The summed E-state index contributed by atoms with van der Waals surface area (Å²) in [4.78, 5) is 3.93. The van der Waals surface area contributed by atoms with Crippen LogP contribution in [0.4, 0.5) is 18.3 Å². The summed E-state index contributed by atoms with van der Waals surface area (Å²) in [5.74, 6) is 0. The largest absolute Gasteiger partial charge is 0.416 e. The van der Waals surface area contributed by atoms with E-state index in [1.807, 2.05) is 0 Å². The van der Waals surface area contributed by atoms with Crippen molar-refractivity contribution in [3.8, 4) is 11.3 Å². The highest BCUT2D eigenvalue weighted by molar-refractivity contribution is 8.93. The molecule has 0 fully saturated rings. The number of hydrogen-bond acceptors (Lipinski definition) is 3. The number of aromatic nitrogens is 1. The molecule has 0 aliphatic heterocycles. The molecular weight excluding hydrogens is 317 g/mol. The lowest BCUT2D eigenvalue weighted by atomic mass is 10.1. The quantitative estimate of drug-likeness (QED) is 0.861. The SMILES string of the molecule is Br.Nc1nc(-c2cccc(C(F)(F)F)c2)cs1. The van der Waals surface area contributed by atoms with Crippen molar-refractivity contribution in [2.24, 2.45) is 0 Å². The lowest BCUT2D eigenvalue weighted by Crippen LogP contribution is -2.04. The van der Waals surface area contributed by atoms with Crippen LogP contribution >= 0.6 is 28.3 Å². The van der Waals surface area contributed by atoms with Crippen molar-refractivity contribution in [2.45, 2.75) is 6.18 Å². The zero-order valence-electron chi connectivity index (χ0n) is 8.36. The lowest BCUT2D eigenvalue weighted by molar-refractivity contribution is -0.137. The Labute approximate surface area is 110 Å². The van der Waals surface area contributed by atoms with E-state index in [0.717, 1.165) is 12.1 Å². The zero-order valence-corrected chi connectivity index (χ0v) is 10.9. The summed E-state index contributed by atoms with van der Waals surface area (Å²) >= 11 is 1.20. The highest BCUT2D eigenvalue weighted by Gasteiger charge is 2.30. The van der Waals surface area contributed by atoms with E-state index in [4.69, 9.17) is 5.73 Å². The first kappa shape index (κ1) is 14.0. The second kappa shape index (κ2) is 5.05. The first-order chi connectivity index (χ1) is 7.47. The number of alkyl halides is 3. The van der Waals surface area contributed by atoms with Gasteiger partial charge in [-0.05, 0) is 12.1 Å². The van der Waals surface area contributed by atoms with Gasteiger partial charge in [-0.25, -0.2) is 4.98 Å². The van der Waals surface area contributed by atoms with E-state index in [9.17, 15) is 13.2 Å². The van der Waals surface area contributed by atoms with Crippen LogP contribution in [0.25, 0.3) is 11.3 Å². The van der Waals surface area contributed by atoms with Gasteiger partial charge >= 0.3 is 6.18 Å². The van der Waals surface area contributed by atoms with Gasteiger partial charge in [0.1, 0.15) is 0 Å². The minimum absolute atomic E-state index is 0. The van der Waals surface area contributed by atoms with Gasteiger partial charge in [0.2, 0.25) is 0 Å². The second-order valence-corrected chi connectivity index (χ2v) is 4.04. The van der Waals surface area contributed by atoms with Gasteiger partial charge in [-0.3, -0.25) is 0 Å². The molecule has 0 saturated heterocycles. The second-order valence-electron chi connectivity index (χ2n) is 3.15. The molecule has 1 aromatic carbocycles. The van der Waals surface area contributed by atoms with Crippen molar-refractivity contribution in [1.82, 2.24) is 4.98 Å². The maximum atomic E-state index is 12.4. The number of nitrogen functional groups attached to an aromatic ring is 1. The summed E-state index contributed by atoms with van der Waals surface area (Å²) in [6.45, 7) is 0. The fourth-order valence-electron chi connectivity index (χ4n) is 1.28. The maximum absolute atomic E-state index is 12.4. The monoisotopic (exact) mass is 324 g/mol. The summed E-state index contributed by atoms with van der Waals surface area (Å²) in [6, 6.07) is 5.02. The average molecular weight is 325 g/mol. The molecule has 0 spiro atoms. The number of halogens is 4. The predicted octanol–water partition coefficient (Wildman–Crippen LogP) is 3.99. The fourth-order valence-corrected chi connectivity index (χ4v) is 1.85. The van der Waals surface area contributed by atoms with Gasteiger partial charge in [0.05, 0.1) is 11.3 Å². The molecule has 0 aliphatic rings. The number of thiazole rings is 1. The molecule has 0 saturated carbocycles. The van der Waals surface area contributed by atoms with Crippen molar-refractivity contribution in [1.29, 1.82) is 0 Å². The third kappa shape index (κ3) is 3.19. The standard InChI is InChI=1S/C10H7F3N2S.BrH/c11-10(12,13)7-3-1-2-6(4-7)8-5-16-9(14)15-8;/h1-5H,(H2,14,15);1H. The van der Waals surface area contributed by atoms with Gasteiger partial charge in [0, 0.05) is 10.9 Å². The highest BCUT2D eigenvalue weighted by Crippen LogP contribution is 2.32. The molecule has 0 atom stereocenters. The van der Waals surface area contributed by atoms with E-state index in [1.165, 1.54) is 17.4 Å². The molecular formula is C10H8BrF3N2S. The van der Waals surface area contributed by atoms with E-state index in [1.54, 1.807) is 11.4 Å². The molecule has 0 unspecified atom stereocenters. The Morgan fingerprint density at radius 3 is 2.47 bits per heavy atom. The van der Waals surface area contributed by atoms with Crippen molar-refractivity contribution < 1.29 is 13.2 Å². The molecule has 2 aromatic rings. The molecule has 0 radical (unpaired) electrons. The normalized spacial score (nSPS) is 11.0. The van der Waals surface area contributed by atoms with Gasteiger partial charge in [-0.15, -0.1) is 28.3 Å². The molecule has 1 aromatic heterocycles. The van der Waals surface area contributed by atoms with Gasteiger partial charge in [-0.2, -0.15) is 13.2 Å². The molecule has 92 valence electrons. The van der Waals surface area contributed by atoms with E-state index >= 15 is 0 Å². The van der Waals surface area contributed by atoms with Crippen LogP contribution in [0.5, 0.6) is 0 Å². The summed E-state index contributed by atoms with van der Waals surface area (Å²) in [7, 11) is 0. The number of benzene rings is 1. The van der Waals surface area contributed by atoms with Crippen LogP contribution in [0.2, 0.25) is 0 Å². The van der Waals surface area contributed by atoms with E-state index in [2.05, 4.69) is 4.98 Å². The minimum Gasteiger partial charge on any atom is -0.375 e. The van der Waals surface area contributed by atoms with E-state index < -0.39 is 11.7 Å². The van der Waals surface area contributed by atoms with Gasteiger partial charge in [-0.1, -0.05) is 12.1 Å². The average Bonchev–Trinajstić information content (AvgIpc) is 2.64. The predicted molar refractivity (Wildman–Crippen MR) is 67.3 cm³/mol. The lowest BCUT2D eigenvalue weighted by Gasteiger charge is -2.07. The molecule has 2 rings (SSSR count). The van der Waals surface area contributed by atoms with Crippen LogP contribution in [0.3, 0.4) is 0 Å². The zero-order chi connectivity index (χ0) is 11.8. The summed E-state index contributed by atoms with van der Waals surface area (Å²) in [5, 5.41) is 1.97. The van der Waals surface area contributed by atoms with Crippen molar-refractivity contribution in [3.05, 3.63) is 35.2 Å². The van der Waals surface area contributed by atoms with Gasteiger partial charge in [0.25, 0.3) is 0 Å². The maximum Gasteiger partial charge on any atom is 0.416 e. The number of hydrogen-bond donors (Lipinski definition) is 1. The fraction of sp³-hybridized carbons (Fsp3) is 0.100. The Bertz CT molecular complexity index is 510. The van der Waals surface area contributed by atoms with Crippen molar-refractivity contribution in [2.75, 3.05) is 5.73 Å². The molecule has 2 N–H and O–H groups in total. The summed E-state index contributed by atoms with van der Waals surface area (Å²) in [6.07, 6.45) is -4.34. The number of nitrogens with zero attached hydrogens (tertiary/aromatic N) is 1. The summed E-state index contributed by atoms with van der Waals surface area (Å²) in [5.41, 5.74) is 5.63. The number of nitrogens with two attached hydrogens (primary N) is 1. The van der Waals surface area contributed by atoms with Crippen LogP contribution in [-0.2, 0) is 6.18 Å². The van der Waals surface area contributed by atoms with Crippen LogP contribution in [0.15, 0.2) is 29.6 Å². The number of rotatable bonds is 1. The molecule has 0 amide bonds. The summed E-state index contributed by atoms with van der Waals surface area (Å²) < 4.78 is 37.3. The highest BCUT2D eigenvalue weighted by atomic mass is 79.9. The molecule has 0 aliphatic carbocycles. The Morgan fingerprint density at radius 1 is 1.24 bits per heavy atom. The first-order valence-corrected chi connectivity index (χ1v) is 5.23. The Balaban J connectivity index is 0.00000144. The molecule has 0 bridgehead atoms. The van der Waals surface area contributed by atoms with Gasteiger partial charge < -0.3 is 5.73 Å². The van der Waals surface area contributed by atoms with E-state index in [-0.39, 0.29) is 17.0 Å². The molecule has 1 heterocycles. The Morgan fingerprint density at radius 2 is 1.94 bits per heavy atom. The minimum atomic E-state index is -4.34. The van der Waals surface area contributed by atoms with Crippen LogP contribution in [0.1, 0.15) is 5.56 Å². The van der Waals surface area contributed by atoms with E-state index in [0.29, 0.717) is 16.4 Å². The Kier molecular flexibility index (Phi) is 4.16. The molecule has 17 heavy (non-hydrogen) atoms. The Hall–Kier alpha value is -1.08. The van der Waals surface area contributed by atoms with Crippen molar-refractivity contribution in [3.63, 3.8) is 0 Å². The topological polar surface area (TPSA) is 38.9 Å². The first-order valence-electron chi connectivity index (χ1n) is 4.35. The van der Waals surface area contributed by atoms with Gasteiger partial charge in [0.15, 0.2) is 5.13 Å². The van der Waals surface area contributed by atoms with Crippen molar-refractivity contribution >= 4 is 33.4 Å². The van der Waals surface area contributed by atoms with Crippen LogP contribution in [-0.4, -0.2) is 4.98 Å².